The summed E-state index contributed by atoms with van der Waals surface area (Å²) in [5.74, 6) is -1.45. The first-order valence-electron chi connectivity index (χ1n) is 6.73. The molecule has 0 radical (unpaired) electrons. The van der Waals surface area contributed by atoms with Gasteiger partial charge in [0.2, 0.25) is 5.91 Å². The van der Waals surface area contributed by atoms with Gasteiger partial charge in [0.25, 0.3) is 0 Å². The van der Waals surface area contributed by atoms with E-state index in [1.165, 1.54) is 0 Å². The van der Waals surface area contributed by atoms with Crippen LogP contribution in [0.25, 0.3) is 0 Å². The van der Waals surface area contributed by atoms with E-state index in [0.717, 1.165) is 12.1 Å². The predicted octanol–water partition coefficient (Wildman–Crippen LogP) is 1.77. The van der Waals surface area contributed by atoms with E-state index in [2.05, 4.69) is 5.32 Å². The third-order valence-corrected chi connectivity index (χ3v) is 3.08. The van der Waals surface area contributed by atoms with E-state index in [9.17, 15) is 22.4 Å². The Hall–Kier alpha value is -1.67. The van der Waals surface area contributed by atoms with Crippen molar-refractivity contribution in [2.45, 2.75) is 19.6 Å². The molecular formula is C14H18F4N2O2. The first kappa shape index (κ1) is 18.4. The normalized spacial score (nSPS) is 11.8. The first-order chi connectivity index (χ1) is 10.3. The second kappa shape index (κ2) is 8.09. The number of benzene rings is 1. The molecule has 1 rings (SSSR count). The molecule has 0 aromatic heterocycles. The van der Waals surface area contributed by atoms with E-state index < -0.39 is 23.5 Å². The van der Waals surface area contributed by atoms with Gasteiger partial charge < -0.3 is 10.4 Å². The maximum atomic E-state index is 13.0. The lowest BCUT2D eigenvalue weighted by Gasteiger charge is -2.19. The van der Waals surface area contributed by atoms with Crippen LogP contribution >= 0.6 is 0 Å². The highest BCUT2D eigenvalue weighted by Gasteiger charge is 2.33. The van der Waals surface area contributed by atoms with Crippen LogP contribution in [0.5, 0.6) is 0 Å². The minimum absolute atomic E-state index is 0.0282. The summed E-state index contributed by atoms with van der Waals surface area (Å²) in [6.07, 6.45) is -4.69. The zero-order chi connectivity index (χ0) is 16.8. The molecule has 0 fully saturated rings. The highest BCUT2D eigenvalue weighted by molar-refractivity contribution is 5.78. The highest BCUT2D eigenvalue weighted by Crippen LogP contribution is 2.32. The smallest absolute Gasteiger partial charge is 0.395 e. The van der Waals surface area contributed by atoms with Crippen LogP contribution in [-0.2, 0) is 17.5 Å². The van der Waals surface area contributed by atoms with Crippen molar-refractivity contribution in [2.24, 2.45) is 0 Å². The van der Waals surface area contributed by atoms with E-state index in [-0.39, 0.29) is 25.3 Å². The Morgan fingerprint density at radius 2 is 2.05 bits per heavy atom. The van der Waals surface area contributed by atoms with Gasteiger partial charge in [-0.2, -0.15) is 13.2 Å². The fourth-order valence-electron chi connectivity index (χ4n) is 1.91. The van der Waals surface area contributed by atoms with Crippen LogP contribution in [0.3, 0.4) is 0 Å². The Labute approximate surface area is 125 Å². The zero-order valence-electron chi connectivity index (χ0n) is 12.1. The van der Waals surface area contributed by atoms with Gasteiger partial charge in [0.1, 0.15) is 5.82 Å². The van der Waals surface area contributed by atoms with Crippen molar-refractivity contribution >= 4 is 5.91 Å². The number of nitrogens with one attached hydrogen (secondary N) is 1. The molecule has 0 aliphatic carbocycles. The van der Waals surface area contributed by atoms with Crippen molar-refractivity contribution in [1.82, 2.24) is 10.2 Å². The summed E-state index contributed by atoms with van der Waals surface area (Å²) in [6, 6.07) is 2.33. The van der Waals surface area contributed by atoms with Crippen LogP contribution in [0.15, 0.2) is 18.2 Å². The van der Waals surface area contributed by atoms with Crippen LogP contribution in [-0.4, -0.2) is 42.2 Å². The Bertz CT molecular complexity index is 506. The molecule has 1 amide bonds. The number of aliphatic hydroxyl groups excluding tert-OH is 1. The van der Waals surface area contributed by atoms with Crippen LogP contribution in [0.1, 0.15) is 18.1 Å². The lowest BCUT2D eigenvalue weighted by atomic mass is 10.1. The van der Waals surface area contributed by atoms with E-state index in [4.69, 9.17) is 5.11 Å². The SMILES string of the molecule is CCN(CCO)CC(=O)NCc1ccc(F)cc1C(F)(F)F. The molecule has 22 heavy (non-hydrogen) atoms. The van der Waals surface area contributed by atoms with Gasteiger partial charge >= 0.3 is 6.18 Å². The molecule has 0 unspecified atom stereocenters. The molecule has 0 aliphatic rings. The van der Waals surface area contributed by atoms with Crippen LogP contribution in [0.2, 0.25) is 0 Å². The summed E-state index contributed by atoms with van der Waals surface area (Å²) in [4.78, 5) is 13.3. The van der Waals surface area contributed by atoms with Crippen molar-refractivity contribution in [3.63, 3.8) is 0 Å². The maximum absolute atomic E-state index is 13.0. The predicted molar refractivity (Wildman–Crippen MR) is 72.4 cm³/mol. The van der Waals surface area contributed by atoms with E-state index in [0.29, 0.717) is 19.2 Å². The summed E-state index contributed by atoms with van der Waals surface area (Å²) in [7, 11) is 0. The molecule has 0 saturated carbocycles. The Balaban J connectivity index is 2.70. The number of carbonyl (C=O) groups excluding carboxylic acids is 1. The Morgan fingerprint density at radius 1 is 1.36 bits per heavy atom. The fraction of sp³-hybridized carbons (Fsp3) is 0.500. The Morgan fingerprint density at radius 3 is 2.59 bits per heavy atom. The number of carbonyl (C=O) groups is 1. The molecule has 2 N–H and O–H groups in total. The molecule has 0 spiro atoms. The molecule has 0 atom stereocenters. The Kier molecular flexibility index (Phi) is 6.76. The average molecular weight is 322 g/mol. The van der Waals surface area contributed by atoms with Crippen LogP contribution < -0.4 is 5.32 Å². The van der Waals surface area contributed by atoms with Gasteiger partial charge in [0, 0.05) is 13.1 Å². The molecule has 1 aromatic carbocycles. The third-order valence-electron chi connectivity index (χ3n) is 3.08. The van der Waals surface area contributed by atoms with Crippen LogP contribution in [0.4, 0.5) is 17.6 Å². The summed E-state index contributed by atoms with van der Waals surface area (Å²) in [6.45, 7) is 2.14. The summed E-state index contributed by atoms with van der Waals surface area (Å²) >= 11 is 0. The van der Waals surface area contributed by atoms with Crippen molar-refractivity contribution < 1.29 is 27.5 Å². The van der Waals surface area contributed by atoms with Crippen molar-refractivity contribution in [1.29, 1.82) is 0 Å². The number of halogens is 4. The summed E-state index contributed by atoms with van der Waals surface area (Å²) in [5, 5.41) is 11.2. The number of nitrogens with zero attached hydrogens (tertiary/aromatic N) is 1. The van der Waals surface area contributed by atoms with Gasteiger partial charge in [-0.25, -0.2) is 4.39 Å². The van der Waals surface area contributed by atoms with Gasteiger partial charge in [-0.05, 0) is 24.2 Å². The molecule has 0 saturated heterocycles. The second-order valence-electron chi connectivity index (χ2n) is 4.67. The van der Waals surface area contributed by atoms with Gasteiger partial charge in [-0.3, -0.25) is 9.69 Å². The van der Waals surface area contributed by atoms with Gasteiger partial charge in [-0.15, -0.1) is 0 Å². The largest absolute Gasteiger partial charge is 0.416 e. The van der Waals surface area contributed by atoms with Crippen molar-refractivity contribution in [3.8, 4) is 0 Å². The van der Waals surface area contributed by atoms with E-state index >= 15 is 0 Å². The average Bonchev–Trinajstić information content (AvgIpc) is 2.44. The molecule has 0 heterocycles. The number of amides is 1. The van der Waals surface area contributed by atoms with Crippen LogP contribution in [0, 0.1) is 5.82 Å². The third kappa shape index (κ3) is 5.61. The number of rotatable bonds is 7. The van der Waals surface area contributed by atoms with E-state index in [1.54, 1.807) is 11.8 Å². The standard InChI is InChI=1S/C14H18F4N2O2/c1-2-20(5-6-21)9-13(22)19-8-10-3-4-11(15)7-12(10)14(16,17)18/h3-4,7,21H,2,5-6,8-9H2,1H3,(H,19,22). The second-order valence-corrected chi connectivity index (χ2v) is 4.67. The zero-order valence-corrected chi connectivity index (χ0v) is 12.1. The lowest BCUT2D eigenvalue weighted by molar-refractivity contribution is -0.138. The van der Waals surface area contributed by atoms with Crippen molar-refractivity contribution in [3.05, 3.63) is 35.1 Å². The molecule has 124 valence electrons. The number of hydrogen-bond acceptors (Lipinski definition) is 3. The quantitative estimate of drug-likeness (QED) is 0.753. The van der Waals surface area contributed by atoms with Gasteiger partial charge in [0.05, 0.1) is 18.7 Å². The minimum Gasteiger partial charge on any atom is -0.395 e. The molecule has 0 bridgehead atoms. The monoisotopic (exact) mass is 322 g/mol. The fourth-order valence-corrected chi connectivity index (χ4v) is 1.91. The highest BCUT2D eigenvalue weighted by atomic mass is 19.4. The number of hydrogen-bond donors (Lipinski definition) is 2. The van der Waals surface area contributed by atoms with Crippen molar-refractivity contribution in [2.75, 3.05) is 26.2 Å². The molecular weight excluding hydrogens is 304 g/mol. The van der Waals surface area contributed by atoms with Gasteiger partial charge in [-0.1, -0.05) is 13.0 Å². The molecule has 0 aliphatic heterocycles. The lowest BCUT2D eigenvalue weighted by Crippen LogP contribution is -2.38. The number of alkyl halides is 3. The van der Waals surface area contributed by atoms with E-state index in [1.807, 2.05) is 0 Å². The summed E-state index contributed by atoms with van der Waals surface area (Å²) in [5.41, 5.74) is -1.30. The topological polar surface area (TPSA) is 52.6 Å². The minimum atomic E-state index is -4.69. The first-order valence-corrected chi connectivity index (χ1v) is 6.73. The molecule has 8 heteroatoms. The summed E-state index contributed by atoms with van der Waals surface area (Å²) < 4.78 is 51.4. The van der Waals surface area contributed by atoms with Gasteiger partial charge in [0.15, 0.2) is 0 Å². The molecule has 1 aromatic rings. The maximum Gasteiger partial charge on any atom is 0.416 e. The molecule has 4 nitrogen and oxygen atoms in total. The number of aliphatic hydroxyl groups is 1. The number of likely N-dealkylation sites (N-methyl/N-ethyl adjacent to an activating group) is 1.